The second-order valence-corrected chi connectivity index (χ2v) is 10.2. The molecule has 3 aliphatic rings. The Morgan fingerprint density at radius 2 is 2.16 bits per heavy atom. The predicted molar refractivity (Wildman–Crippen MR) is 135 cm³/mol. The lowest BCUT2D eigenvalue weighted by Crippen LogP contribution is -2.44. The van der Waals surface area contributed by atoms with Crippen LogP contribution in [0.3, 0.4) is 0 Å². The highest BCUT2D eigenvalue weighted by Crippen LogP contribution is 2.46. The summed E-state index contributed by atoms with van der Waals surface area (Å²) in [5.41, 5.74) is 0.782. The molecule has 2 aromatic heterocycles. The van der Waals surface area contributed by atoms with Crippen LogP contribution in [0, 0.1) is 5.82 Å². The molecule has 38 heavy (non-hydrogen) atoms. The van der Waals surface area contributed by atoms with E-state index in [0.29, 0.717) is 51.8 Å². The Balaban J connectivity index is 1.63. The van der Waals surface area contributed by atoms with Gasteiger partial charge in [0.05, 0.1) is 40.1 Å². The number of aliphatic hydroxyl groups excluding tert-OH is 1. The first-order valence-electron chi connectivity index (χ1n) is 12.2. The van der Waals surface area contributed by atoms with Gasteiger partial charge in [-0.3, -0.25) is 9.59 Å². The molecule has 1 amide bonds. The molecule has 196 valence electrons. The fraction of sp³-hybridized carbons (Fsp3) is 0.333. The predicted octanol–water partition coefficient (Wildman–Crippen LogP) is 2.52. The fourth-order valence-corrected chi connectivity index (χ4v) is 6.11. The first-order valence-corrected chi connectivity index (χ1v) is 12.6. The third-order valence-corrected chi connectivity index (χ3v) is 8.26. The average Bonchev–Trinajstić information content (AvgIpc) is 3.28. The minimum atomic E-state index is -1.99. The molecule has 0 radical (unpaired) electrons. The van der Waals surface area contributed by atoms with E-state index >= 15 is 0 Å². The van der Waals surface area contributed by atoms with E-state index in [-0.39, 0.29) is 35.7 Å². The molecule has 0 spiro atoms. The number of fused-ring (bicyclic) bond motifs is 5. The van der Waals surface area contributed by atoms with Gasteiger partial charge >= 0.3 is 5.97 Å². The molecule has 0 saturated heterocycles. The Kier molecular flexibility index (Phi) is 5.50. The Hall–Kier alpha value is -3.60. The van der Waals surface area contributed by atoms with E-state index in [1.54, 1.807) is 13.0 Å². The zero-order valence-corrected chi connectivity index (χ0v) is 21.1. The van der Waals surface area contributed by atoms with Crippen molar-refractivity contribution in [3.63, 3.8) is 0 Å². The largest absolute Gasteiger partial charge is 0.458 e. The number of cyclic esters (lactones) is 1. The maximum atomic E-state index is 14.8. The number of aliphatic hydroxyl groups is 2. The highest BCUT2D eigenvalue weighted by atomic mass is 35.5. The van der Waals surface area contributed by atoms with Crippen LogP contribution in [0.15, 0.2) is 29.6 Å². The SMILES string of the molecule is C=C[C@@H](O)C(=O)N[C@H]1CCc2c(Cl)c(F)cc3nc4c(c1c23)Cn1c-4cc2c(c1=O)COC(=O)[C@]2(O)CC. The maximum absolute atomic E-state index is 14.8. The highest BCUT2D eigenvalue weighted by Gasteiger charge is 2.46. The number of amides is 1. The van der Waals surface area contributed by atoms with Crippen LogP contribution < -0.4 is 10.9 Å². The third kappa shape index (κ3) is 3.23. The van der Waals surface area contributed by atoms with Crippen molar-refractivity contribution in [3.05, 3.63) is 73.8 Å². The van der Waals surface area contributed by atoms with Gasteiger partial charge in [0.1, 0.15) is 12.4 Å². The summed E-state index contributed by atoms with van der Waals surface area (Å²) in [4.78, 5) is 43.4. The molecule has 0 bridgehead atoms. The van der Waals surface area contributed by atoms with Crippen molar-refractivity contribution in [2.75, 3.05) is 0 Å². The normalized spacial score (nSPS) is 21.8. The maximum Gasteiger partial charge on any atom is 0.343 e. The second-order valence-electron chi connectivity index (χ2n) is 9.78. The number of aromatic nitrogens is 2. The molecule has 3 N–H and O–H groups in total. The summed E-state index contributed by atoms with van der Waals surface area (Å²) in [5.74, 6) is -2.12. The van der Waals surface area contributed by atoms with Gasteiger partial charge in [-0.05, 0) is 36.5 Å². The topological polar surface area (TPSA) is 131 Å². The van der Waals surface area contributed by atoms with Crippen LogP contribution in [-0.2, 0) is 39.5 Å². The number of carbonyl (C=O) groups is 2. The van der Waals surface area contributed by atoms with Crippen molar-refractivity contribution in [1.29, 1.82) is 0 Å². The van der Waals surface area contributed by atoms with Crippen LogP contribution in [0.5, 0.6) is 0 Å². The molecule has 0 unspecified atom stereocenters. The van der Waals surface area contributed by atoms with Crippen LogP contribution >= 0.6 is 11.6 Å². The fourth-order valence-electron chi connectivity index (χ4n) is 5.86. The van der Waals surface area contributed by atoms with Crippen LogP contribution in [0.2, 0.25) is 5.02 Å². The lowest BCUT2D eigenvalue weighted by Gasteiger charge is -2.31. The van der Waals surface area contributed by atoms with Crippen molar-refractivity contribution in [1.82, 2.24) is 14.9 Å². The zero-order valence-electron chi connectivity index (χ0n) is 20.3. The number of aryl methyl sites for hydroxylation is 1. The number of rotatable bonds is 4. The molecule has 1 aliphatic carbocycles. The summed E-state index contributed by atoms with van der Waals surface area (Å²) in [7, 11) is 0. The van der Waals surface area contributed by atoms with Gasteiger partial charge in [-0.1, -0.05) is 31.2 Å². The molecule has 0 saturated carbocycles. The Labute approximate surface area is 220 Å². The van der Waals surface area contributed by atoms with E-state index in [0.717, 1.165) is 6.08 Å². The van der Waals surface area contributed by atoms with Crippen molar-refractivity contribution >= 4 is 34.4 Å². The molecule has 1 aromatic carbocycles. The van der Waals surface area contributed by atoms with Crippen LogP contribution in [0.25, 0.3) is 22.3 Å². The molecule has 4 heterocycles. The van der Waals surface area contributed by atoms with Crippen molar-refractivity contribution in [3.8, 4) is 11.4 Å². The molecule has 3 atom stereocenters. The van der Waals surface area contributed by atoms with E-state index < -0.39 is 41.0 Å². The molecule has 0 fully saturated rings. The van der Waals surface area contributed by atoms with Crippen molar-refractivity contribution < 1.29 is 28.9 Å². The summed E-state index contributed by atoms with van der Waals surface area (Å²) in [5, 5.41) is 24.5. The Morgan fingerprint density at radius 3 is 2.87 bits per heavy atom. The molecule has 3 aromatic rings. The number of esters is 1. The van der Waals surface area contributed by atoms with Crippen LogP contribution in [0.4, 0.5) is 4.39 Å². The Morgan fingerprint density at radius 1 is 1.39 bits per heavy atom. The molecule has 11 heteroatoms. The van der Waals surface area contributed by atoms with Gasteiger partial charge in [0.2, 0.25) is 0 Å². The average molecular weight is 540 g/mol. The number of nitrogens with zero attached hydrogens (tertiary/aromatic N) is 2. The molecule has 6 rings (SSSR count). The Bertz CT molecular complexity index is 1670. The van der Waals surface area contributed by atoms with Crippen LogP contribution in [-0.4, -0.2) is 37.7 Å². The number of carbonyl (C=O) groups excluding carboxylic acids is 2. The van der Waals surface area contributed by atoms with Gasteiger partial charge in [-0.2, -0.15) is 0 Å². The lowest BCUT2D eigenvalue weighted by molar-refractivity contribution is -0.172. The molecular weight excluding hydrogens is 517 g/mol. The molecule has 2 aliphatic heterocycles. The minimum absolute atomic E-state index is 0.00219. The van der Waals surface area contributed by atoms with Gasteiger partial charge in [0.15, 0.2) is 11.7 Å². The quantitative estimate of drug-likeness (QED) is 0.268. The summed E-state index contributed by atoms with van der Waals surface area (Å²) in [6.45, 7) is 4.90. The van der Waals surface area contributed by atoms with Gasteiger partial charge in [0, 0.05) is 22.6 Å². The number of halogens is 2. The van der Waals surface area contributed by atoms with E-state index in [9.17, 15) is 29.0 Å². The number of ether oxygens (including phenoxy) is 1. The summed E-state index contributed by atoms with van der Waals surface area (Å²) >= 11 is 6.34. The van der Waals surface area contributed by atoms with E-state index in [4.69, 9.17) is 21.3 Å². The standard InChI is InChI=1S/C27H23ClFN3O6/c1-3-19(33)24(34)31-16-6-5-11-20-17(8-15(29)22(11)28)30-23-12(21(16)20)9-32-18(23)7-14-13(25(32)35)10-38-26(36)27(14,37)4-2/h3,7-8,16,19,33,37H,1,4-6,9-10H2,2H3,(H,31,34)/t16-,19+,27-/m0/s1. The zero-order chi connectivity index (χ0) is 27.1. The first kappa shape index (κ1) is 24.7. The molecular formula is C27H23ClFN3O6. The van der Waals surface area contributed by atoms with Gasteiger partial charge < -0.3 is 24.8 Å². The van der Waals surface area contributed by atoms with Gasteiger partial charge in [-0.15, -0.1) is 0 Å². The van der Waals surface area contributed by atoms with E-state index in [2.05, 4.69) is 11.9 Å². The summed E-state index contributed by atoms with van der Waals surface area (Å²) < 4.78 is 21.4. The van der Waals surface area contributed by atoms with Crippen molar-refractivity contribution in [2.24, 2.45) is 0 Å². The monoisotopic (exact) mass is 539 g/mol. The number of nitrogens with one attached hydrogen (secondary N) is 1. The first-order chi connectivity index (χ1) is 18.1. The number of hydrogen-bond acceptors (Lipinski definition) is 7. The third-order valence-electron chi connectivity index (χ3n) is 7.85. The van der Waals surface area contributed by atoms with E-state index in [1.807, 2.05) is 0 Å². The summed E-state index contributed by atoms with van der Waals surface area (Å²) in [6.07, 6.45) is 0.423. The molecule has 9 nitrogen and oxygen atoms in total. The minimum Gasteiger partial charge on any atom is -0.458 e. The van der Waals surface area contributed by atoms with E-state index in [1.165, 1.54) is 10.6 Å². The summed E-state index contributed by atoms with van der Waals surface area (Å²) in [6, 6.07) is 2.21. The highest BCUT2D eigenvalue weighted by molar-refractivity contribution is 6.32. The lowest BCUT2D eigenvalue weighted by atomic mass is 9.83. The van der Waals surface area contributed by atoms with Gasteiger partial charge in [-0.25, -0.2) is 14.2 Å². The van der Waals surface area contributed by atoms with Crippen LogP contribution in [0.1, 0.15) is 53.6 Å². The smallest absolute Gasteiger partial charge is 0.343 e. The number of hydrogen-bond donors (Lipinski definition) is 3. The van der Waals surface area contributed by atoms with Crippen molar-refractivity contribution in [2.45, 2.75) is 57.1 Å². The second kappa shape index (κ2) is 8.45. The van der Waals surface area contributed by atoms with Gasteiger partial charge in [0.25, 0.3) is 11.5 Å². The number of pyridine rings is 2. The number of benzene rings is 1.